The monoisotopic (exact) mass is 282 g/mol. The molecule has 0 spiro atoms. The van der Waals surface area contributed by atoms with Gasteiger partial charge in [-0.3, -0.25) is 4.79 Å². The first-order chi connectivity index (χ1) is 10.1. The van der Waals surface area contributed by atoms with Gasteiger partial charge in [0, 0.05) is 23.3 Å². The minimum absolute atomic E-state index is 0.0126. The fourth-order valence-electron chi connectivity index (χ4n) is 2.87. The average Bonchev–Trinajstić information content (AvgIpc) is 3.22. The summed E-state index contributed by atoms with van der Waals surface area (Å²) in [5, 5.41) is 0. The zero-order chi connectivity index (χ0) is 15.0. The SMILES string of the molecule is Cc1ccc(C(=O)[C@@H]2[C@@H](C=O)[C@@H]2c2ccc(F)cc2)cc1. The van der Waals surface area contributed by atoms with E-state index in [-0.39, 0.29) is 29.4 Å². The van der Waals surface area contributed by atoms with Crippen molar-refractivity contribution in [3.8, 4) is 0 Å². The topological polar surface area (TPSA) is 34.1 Å². The molecule has 0 aromatic heterocycles. The van der Waals surface area contributed by atoms with Gasteiger partial charge >= 0.3 is 0 Å². The van der Waals surface area contributed by atoms with E-state index in [1.54, 1.807) is 24.3 Å². The molecule has 21 heavy (non-hydrogen) atoms. The molecule has 0 unspecified atom stereocenters. The van der Waals surface area contributed by atoms with Crippen molar-refractivity contribution in [1.82, 2.24) is 0 Å². The third kappa shape index (κ3) is 2.51. The maximum absolute atomic E-state index is 13.0. The molecule has 0 N–H and O–H groups in total. The molecule has 3 atom stereocenters. The predicted octanol–water partition coefficient (Wildman–Crippen LogP) is 3.55. The largest absolute Gasteiger partial charge is 0.303 e. The van der Waals surface area contributed by atoms with Crippen LogP contribution >= 0.6 is 0 Å². The normalized spacial score (nSPS) is 23.6. The highest BCUT2D eigenvalue weighted by atomic mass is 19.1. The Morgan fingerprint density at radius 3 is 2.24 bits per heavy atom. The van der Waals surface area contributed by atoms with Crippen LogP contribution in [-0.2, 0) is 4.79 Å². The Hall–Kier alpha value is -2.29. The molecule has 0 saturated heterocycles. The van der Waals surface area contributed by atoms with Crippen LogP contribution in [0.2, 0.25) is 0 Å². The summed E-state index contributed by atoms with van der Waals surface area (Å²) in [4.78, 5) is 23.7. The van der Waals surface area contributed by atoms with Gasteiger partial charge in [0.1, 0.15) is 12.1 Å². The molecule has 1 aliphatic rings. The molecule has 2 aromatic rings. The molecule has 1 fully saturated rings. The second-order valence-electron chi connectivity index (χ2n) is 5.55. The van der Waals surface area contributed by atoms with E-state index in [0.29, 0.717) is 5.56 Å². The van der Waals surface area contributed by atoms with E-state index in [2.05, 4.69) is 0 Å². The van der Waals surface area contributed by atoms with Crippen molar-refractivity contribution in [1.29, 1.82) is 0 Å². The van der Waals surface area contributed by atoms with E-state index in [9.17, 15) is 14.0 Å². The molecule has 3 rings (SSSR count). The Morgan fingerprint density at radius 1 is 1.05 bits per heavy atom. The van der Waals surface area contributed by atoms with Crippen LogP contribution in [0, 0.1) is 24.6 Å². The van der Waals surface area contributed by atoms with Crippen molar-refractivity contribution in [3.63, 3.8) is 0 Å². The minimum Gasteiger partial charge on any atom is -0.303 e. The second kappa shape index (κ2) is 5.24. The van der Waals surface area contributed by atoms with Gasteiger partial charge in [0.2, 0.25) is 0 Å². The predicted molar refractivity (Wildman–Crippen MR) is 77.7 cm³/mol. The van der Waals surface area contributed by atoms with Gasteiger partial charge in [0.05, 0.1) is 0 Å². The van der Waals surface area contributed by atoms with Crippen molar-refractivity contribution in [3.05, 3.63) is 71.0 Å². The Balaban J connectivity index is 1.85. The lowest BCUT2D eigenvalue weighted by atomic mass is 10.0. The molecule has 0 heterocycles. The quantitative estimate of drug-likeness (QED) is 0.635. The Labute approximate surface area is 122 Å². The van der Waals surface area contributed by atoms with Crippen LogP contribution in [0.15, 0.2) is 48.5 Å². The highest BCUT2D eigenvalue weighted by Crippen LogP contribution is 2.54. The molecule has 2 nitrogen and oxygen atoms in total. The molecule has 1 saturated carbocycles. The van der Waals surface area contributed by atoms with E-state index in [1.807, 2.05) is 19.1 Å². The Bertz CT molecular complexity index is 673. The fraction of sp³-hybridized carbons (Fsp3) is 0.222. The van der Waals surface area contributed by atoms with Crippen molar-refractivity contribution in [2.24, 2.45) is 11.8 Å². The lowest BCUT2D eigenvalue weighted by molar-refractivity contribution is -0.109. The molecule has 0 amide bonds. The number of carbonyl (C=O) groups excluding carboxylic acids is 2. The summed E-state index contributed by atoms with van der Waals surface area (Å²) in [6.07, 6.45) is 0.838. The van der Waals surface area contributed by atoms with E-state index in [1.165, 1.54) is 12.1 Å². The van der Waals surface area contributed by atoms with Crippen LogP contribution in [0.4, 0.5) is 4.39 Å². The number of ketones is 1. The maximum Gasteiger partial charge on any atom is 0.167 e. The van der Waals surface area contributed by atoms with Gasteiger partial charge < -0.3 is 4.79 Å². The van der Waals surface area contributed by atoms with Crippen LogP contribution in [0.5, 0.6) is 0 Å². The molecule has 1 aliphatic carbocycles. The van der Waals surface area contributed by atoms with E-state index < -0.39 is 0 Å². The lowest BCUT2D eigenvalue weighted by Gasteiger charge is -2.02. The average molecular weight is 282 g/mol. The number of hydrogen-bond acceptors (Lipinski definition) is 2. The number of Topliss-reactive ketones (excluding diaryl/α,β-unsaturated/α-hetero) is 1. The molecule has 0 bridgehead atoms. The van der Waals surface area contributed by atoms with Crippen LogP contribution in [0.3, 0.4) is 0 Å². The summed E-state index contributed by atoms with van der Waals surface area (Å²) in [6, 6.07) is 13.4. The summed E-state index contributed by atoms with van der Waals surface area (Å²) in [7, 11) is 0. The van der Waals surface area contributed by atoms with E-state index >= 15 is 0 Å². The zero-order valence-electron chi connectivity index (χ0n) is 11.6. The molecule has 3 heteroatoms. The number of aldehydes is 1. The number of carbonyl (C=O) groups is 2. The van der Waals surface area contributed by atoms with Gasteiger partial charge in [0.15, 0.2) is 5.78 Å². The summed E-state index contributed by atoms with van der Waals surface area (Å²) >= 11 is 0. The third-order valence-corrected chi connectivity index (χ3v) is 4.13. The second-order valence-corrected chi connectivity index (χ2v) is 5.55. The van der Waals surface area contributed by atoms with Crippen LogP contribution < -0.4 is 0 Å². The first kappa shape index (κ1) is 13.7. The molecule has 0 radical (unpaired) electrons. The smallest absolute Gasteiger partial charge is 0.167 e. The molecular weight excluding hydrogens is 267 g/mol. The van der Waals surface area contributed by atoms with Gasteiger partial charge in [0.25, 0.3) is 0 Å². The summed E-state index contributed by atoms with van der Waals surface area (Å²) in [5.41, 5.74) is 2.56. The van der Waals surface area contributed by atoms with Crippen molar-refractivity contribution >= 4 is 12.1 Å². The standard InChI is InChI=1S/C18H15FO2/c1-11-2-4-13(5-3-11)18(21)17-15(10-20)16(17)12-6-8-14(19)9-7-12/h2-10,15-17H,1H3/t15-,16-,17+/m0/s1. The zero-order valence-corrected chi connectivity index (χ0v) is 11.6. The van der Waals surface area contributed by atoms with Crippen molar-refractivity contribution in [2.75, 3.05) is 0 Å². The molecule has 2 aromatic carbocycles. The van der Waals surface area contributed by atoms with Gasteiger partial charge in [-0.2, -0.15) is 0 Å². The summed E-state index contributed by atoms with van der Waals surface area (Å²) < 4.78 is 13.0. The minimum atomic E-state index is -0.323. The van der Waals surface area contributed by atoms with Crippen LogP contribution in [0.25, 0.3) is 0 Å². The summed E-state index contributed by atoms with van der Waals surface area (Å²) in [6.45, 7) is 1.96. The number of rotatable bonds is 4. The molecular formula is C18H15FO2. The third-order valence-electron chi connectivity index (χ3n) is 4.13. The van der Waals surface area contributed by atoms with E-state index in [0.717, 1.165) is 17.4 Å². The number of benzene rings is 2. The summed E-state index contributed by atoms with van der Waals surface area (Å²) in [5.74, 6) is -1.08. The first-order valence-electron chi connectivity index (χ1n) is 6.93. The Morgan fingerprint density at radius 2 is 1.67 bits per heavy atom. The van der Waals surface area contributed by atoms with Crippen LogP contribution in [0.1, 0.15) is 27.4 Å². The number of hydrogen-bond donors (Lipinski definition) is 0. The van der Waals surface area contributed by atoms with E-state index in [4.69, 9.17) is 0 Å². The van der Waals surface area contributed by atoms with Gasteiger partial charge in [-0.15, -0.1) is 0 Å². The molecule has 0 aliphatic heterocycles. The number of aryl methyl sites for hydroxylation is 1. The number of halogens is 1. The highest BCUT2D eigenvalue weighted by Gasteiger charge is 2.55. The van der Waals surface area contributed by atoms with Gasteiger partial charge in [-0.05, 0) is 24.6 Å². The van der Waals surface area contributed by atoms with Crippen LogP contribution in [-0.4, -0.2) is 12.1 Å². The molecule has 106 valence electrons. The van der Waals surface area contributed by atoms with Gasteiger partial charge in [-0.25, -0.2) is 4.39 Å². The lowest BCUT2D eigenvalue weighted by Crippen LogP contribution is -2.04. The maximum atomic E-state index is 13.0. The van der Waals surface area contributed by atoms with Crippen molar-refractivity contribution < 1.29 is 14.0 Å². The van der Waals surface area contributed by atoms with Crippen molar-refractivity contribution in [2.45, 2.75) is 12.8 Å². The van der Waals surface area contributed by atoms with Gasteiger partial charge in [-0.1, -0.05) is 42.0 Å². The Kier molecular flexibility index (Phi) is 3.42. The first-order valence-corrected chi connectivity index (χ1v) is 6.93. The highest BCUT2D eigenvalue weighted by molar-refractivity contribution is 6.03. The fourth-order valence-corrected chi connectivity index (χ4v) is 2.87.